The molecule has 0 radical (unpaired) electrons. The zero-order valence-corrected chi connectivity index (χ0v) is 14.6. The molecular weight excluding hydrogens is 320 g/mol. The topological polar surface area (TPSA) is 88.3 Å². The quantitative estimate of drug-likeness (QED) is 0.920. The minimum atomic E-state index is -0.887. The zero-order chi connectivity index (χ0) is 18.2. The van der Waals surface area contributed by atoms with Crippen LogP contribution in [0.25, 0.3) is 5.69 Å². The van der Waals surface area contributed by atoms with Crippen molar-refractivity contribution in [2.24, 2.45) is 11.3 Å². The first-order valence-corrected chi connectivity index (χ1v) is 8.35. The number of aromatic nitrogens is 3. The van der Waals surface area contributed by atoms with E-state index in [0.29, 0.717) is 13.0 Å². The fourth-order valence-electron chi connectivity index (χ4n) is 3.32. The first-order valence-electron chi connectivity index (χ1n) is 8.35. The molecule has 2 heterocycles. The van der Waals surface area contributed by atoms with E-state index in [-0.39, 0.29) is 24.1 Å². The predicted molar refractivity (Wildman–Crippen MR) is 91.5 cm³/mol. The maximum atomic E-state index is 12.7. The highest BCUT2D eigenvalue weighted by Gasteiger charge is 2.48. The van der Waals surface area contributed by atoms with Crippen LogP contribution in [0.15, 0.2) is 30.5 Å². The van der Waals surface area contributed by atoms with Gasteiger partial charge in [-0.3, -0.25) is 9.59 Å². The van der Waals surface area contributed by atoms with Gasteiger partial charge in [-0.15, -0.1) is 5.10 Å². The fourth-order valence-corrected chi connectivity index (χ4v) is 3.32. The lowest BCUT2D eigenvalue weighted by atomic mass is 9.76. The first kappa shape index (κ1) is 17.1. The van der Waals surface area contributed by atoms with Crippen molar-refractivity contribution in [2.45, 2.75) is 27.2 Å². The van der Waals surface area contributed by atoms with Crippen molar-refractivity contribution < 1.29 is 14.7 Å². The molecule has 1 aliphatic rings. The Kier molecular flexibility index (Phi) is 4.32. The molecule has 1 aromatic heterocycles. The lowest BCUT2D eigenvalue weighted by Crippen LogP contribution is -2.40. The minimum absolute atomic E-state index is 0.0502. The van der Waals surface area contributed by atoms with Crippen LogP contribution >= 0.6 is 0 Å². The van der Waals surface area contributed by atoms with Gasteiger partial charge >= 0.3 is 5.97 Å². The summed E-state index contributed by atoms with van der Waals surface area (Å²) in [7, 11) is 0. The van der Waals surface area contributed by atoms with E-state index in [1.54, 1.807) is 15.8 Å². The summed E-state index contributed by atoms with van der Waals surface area (Å²) in [6.45, 7) is 6.37. The van der Waals surface area contributed by atoms with Gasteiger partial charge in [-0.05, 0) is 37.0 Å². The van der Waals surface area contributed by atoms with Crippen molar-refractivity contribution in [3.63, 3.8) is 0 Å². The lowest BCUT2D eigenvalue weighted by molar-refractivity contribution is -0.150. The maximum Gasteiger partial charge on any atom is 0.311 e. The van der Waals surface area contributed by atoms with Crippen LogP contribution in [0, 0.1) is 18.3 Å². The van der Waals surface area contributed by atoms with E-state index in [1.165, 1.54) is 0 Å². The van der Waals surface area contributed by atoms with Crippen LogP contribution in [0.4, 0.5) is 0 Å². The molecule has 1 saturated heterocycles. The van der Waals surface area contributed by atoms with Crippen LogP contribution in [0.2, 0.25) is 0 Å². The van der Waals surface area contributed by atoms with Crippen LogP contribution in [0.1, 0.15) is 36.3 Å². The molecule has 1 aromatic carbocycles. The average Bonchev–Trinajstić information content (AvgIpc) is 3.22. The van der Waals surface area contributed by atoms with Crippen molar-refractivity contribution in [1.82, 2.24) is 19.9 Å². The number of rotatable bonds is 4. The number of carbonyl (C=O) groups excluding carboxylic acids is 1. The second-order valence-electron chi connectivity index (χ2n) is 6.98. The van der Waals surface area contributed by atoms with Crippen molar-refractivity contribution in [3.05, 3.63) is 41.7 Å². The molecule has 7 nitrogen and oxygen atoms in total. The van der Waals surface area contributed by atoms with Crippen molar-refractivity contribution in [2.75, 3.05) is 13.1 Å². The molecule has 25 heavy (non-hydrogen) atoms. The van der Waals surface area contributed by atoms with Gasteiger partial charge in [0.05, 0.1) is 17.3 Å². The van der Waals surface area contributed by atoms with Crippen LogP contribution in [-0.2, 0) is 4.79 Å². The third-order valence-electron chi connectivity index (χ3n) is 5.10. The molecule has 0 spiro atoms. The van der Waals surface area contributed by atoms with Gasteiger partial charge in [-0.25, -0.2) is 4.68 Å². The Morgan fingerprint density at radius 2 is 2.08 bits per heavy atom. The Labute approximate surface area is 146 Å². The highest BCUT2D eigenvalue weighted by Crippen LogP contribution is 2.38. The van der Waals surface area contributed by atoms with E-state index in [2.05, 4.69) is 10.3 Å². The maximum absolute atomic E-state index is 12.7. The van der Waals surface area contributed by atoms with Gasteiger partial charge in [0.25, 0.3) is 5.91 Å². The summed E-state index contributed by atoms with van der Waals surface area (Å²) in [5.74, 6) is -1.17. The second-order valence-corrected chi connectivity index (χ2v) is 6.98. The largest absolute Gasteiger partial charge is 0.481 e. The van der Waals surface area contributed by atoms with Gasteiger partial charge in [0.15, 0.2) is 5.69 Å². The zero-order valence-electron chi connectivity index (χ0n) is 14.6. The van der Waals surface area contributed by atoms with Crippen LogP contribution in [0.5, 0.6) is 0 Å². The van der Waals surface area contributed by atoms with Gasteiger partial charge < -0.3 is 10.0 Å². The van der Waals surface area contributed by atoms with Gasteiger partial charge in [0, 0.05) is 13.1 Å². The van der Waals surface area contributed by atoms with E-state index in [0.717, 1.165) is 11.3 Å². The van der Waals surface area contributed by atoms with Gasteiger partial charge in [0.1, 0.15) is 0 Å². The summed E-state index contributed by atoms with van der Waals surface area (Å²) < 4.78 is 1.56. The molecule has 1 unspecified atom stereocenters. The normalized spacial score (nSPS) is 20.2. The molecule has 0 bridgehead atoms. The Morgan fingerprint density at radius 3 is 2.68 bits per heavy atom. The molecule has 1 atom stereocenters. The van der Waals surface area contributed by atoms with Crippen molar-refractivity contribution in [1.29, 1.82) is 0 Å². The number of carboxylic acids is 1. The standard InChI is InChI=1S/C18H22N4O3/c1-12(2)18(17(24)25)7-8-21(11-18)16(23)15-10-22(20-19-15)14-6-4-5-13(3)9-14/h4-6,9-10,12H,7-8,11H2,1-3H3,(H,24,25). The highest BCUT2D eigenvalue weighted by atomic mass is 16.4. The number of aryl methyl sites for hydroxylation is 1. The highest BCUT2D eigenvalue weighted by molar-refractivity contribution is 5.93. The Balaban J connectivity index is 1.80. The summed E-state index contributed by atoms with van der Waals surface area (Å²) in [6.07, 6.45) is 2.05. The predicted octanol–water partition coefficient (Wildman–Crippen LogP) is 2.15. The summed E-state index contributed by atoms with van der Waals surface area (Å²) >= 11 is 0. The van der Waals surface area contributed by atoms with E-state index in [4.69, 9.17) is 0 Å². The Hall–Kier alpha value is -2.70. The van der Waals surface area contributed by atoms with Gasteiger partial charge in [-0.2, -0.15) is 0 Å². The number of hydrogen-bond donors (Lipinski definition) is 1. The van der Waals surface area contributed by atoms with Crippen LogP contribution in [0.3, 0.4) is 0 Å². The number of hydrogen-bond acceptors (Lipinski definition) is 4. The summed E-state index contributed by atoms with van der Waals surface area (Å²) in [4.78, 5) is 26.0. The second kappa shape index (κ2) is 6.31. The SMILES string of the molecule is Cc1cccc(-n2cc(C(=O)N3CCC(C(=O)O)(C(C)C)C3)nn2)c1. The van der Waals surface area contributed by atoms with E-state index >= 15 is 0 Å². The molecule has 7 heteroatoms. The van der Waals surface area contributed by atoms with Crippen LogP contribution < -0.4 is 0 Å². The first-order chi connectivity index (χ1) is 11.8. The number of benzene rings is 1. The van der Waals surface area contributed by atoms with Crippen molar-refractivity contribution >= 4 is 11.9 Å². The number of likely N-dealkylation sites (tertiary alicyclic amines) is 1. The minimum Gasteiger partial charge on any atom is -0.481 e. The van der Waals surface area contributed by atoms with E-state index in [1.807, 2.05) is 45.0 Å². The number of carbonyl (C=O) groups is 2. The summed E-state index contributed by atoms with van der Waals surface area (Å²) in [5, 5.41) is 17.6. The molecule has 0 saturated carbocycles. The molecule has 132 valence electrons. The number of amides is 1. The smallest absolute Gasteiger partial charge is 0.311 e. The number of nitrogens with zero attached hydrogens (tertiary/aromatic N) is 4. The summed E-state index contributed by atoms with van der Waals surface area (Å²) in [6, 6.07) is 7.74. The molecule has 1 N–H and O–H groups in total. The third-order valence-corrected chi connectivity index (χ3v) is 5.10. The molecule has 1 amide bonds. The molecule has 0 aliphatic carbocycles. The lowest BCUT2D eigenvalue weighted by Gasteiger charge is -2.28. The third kappa shape index (κ3) is 3.01. The van der Waals surface area contributed by atoms with Gasteiger partial charge in [-0.1, -0.05) is 31.2 Å². The van der Waals surface area contributed by atoms with Crippen molar-refractivity contribution in [3.8, 4) is 5.69 Å². The monoisotopic (exact) mass is 342 g/mol. The Bertz CT molecular complexity index is 814. The average molecular weight is 342 g/mol. The van der Waals surface area contributed by atoms with Gasteiger partial charge in [0.2, 0.25) is 0 Å². The Morgan fingerprint density at radius 1 is 1.32 bits per heavy atom. The molecule has 3 rings (SSSR count). The fraction of sp³-hybridized carbons (Fsp3) is 0.444. The number of aliphatic carboxylic acids is 1. The molecule has 2 aromatic rings. The molecular formula is C18H22N4O3. The van der Waals surface area contributed by atoms with E-state index < -0.39 is 11.4 Å². The molecule has 1 fully saturated rings. The van der Waals surface area contributed by atoms with Crippen LogP contribution in [-0.4, -0.2) is 50.0 Å². The number of carboxylic acid groups (broad SMARTS) is 1. The molecule has 1 aliphatic heterocycles. The summed E-state index contributed by atoms with van der Waals surface area (Å²) in [5.41, 5.74) is 1.26. The van der Waals surface area contributed by atoms with E-state index in [9.17, 15) is 14.7 Å².